The number of rotatable bonds is 8. The van der Waals surface area contributed by atoms with Crippen molar-refractivity contribution in [2.24, 2.45) is 5.73 Å². The number of benzene rings is 1. The molecule has 0 fully saturated rings. The molecule has 0 radical (unpaired) electrons. The number of nitrogens with two attached hydrogens (primary N) is 1. The minimum absolute atomic E-state index is 0.00589. The van der Waals surface area contributed by atoms with Crippen LogP contribution in [0.4, 0.5) is 0 Å². The van der Waals surface area contributed by atoms with Crippen LogP contribution in [-0.2, 0) is 26.2 Å². The maximum Gasteiger partial charge on any atom is 0.154 e. The summed E-state index contributed by atoms with van der Waals surface area (Å²) in [4.78, 5) is 0. The molecular weight excluding hydrogens is 302 g/mol. The van der Waals surface area contributed by atoms with Gasteiger partial charge in [0.15, 0.2) is 9.84 Å². The lowest BCUT2D eigenvalue weighted by atomic mass is 10.2. The second-order valence-corrected chi connectivity index (χ2v) is 9.04. The first-order valence-corrected chi connectivity index (χ1v) is 9.90. The molecule has 0 unspecified atom stereocenters. The minimum Gasteiger partial charge on any atom is -0.493 e. The molecule has 0 saturated carbocycles. The predicted molar refractivity (Wildman–Crippen MR) is 78.2 cm³/mol. The molecule has 20 heavy (non-hydrogen) atoms. The van der Waals surface area contributed by atoms with E-state index in [2.05, 4.69) is 0 Å². The van der Waals surface area contributed by atoms with E-state index in [0.717, 1.165) is 11.8 Å². The van der Waals surface area contributed by atoms with Gasteiger partial charge >= 0.3 is 0 Å². The molecule has 2 N–H and O–H groups in total. The maximum absolute atomic E-state index is 11.6. The number of ether oxygens (including phenoxy) is 1. The Bertz CT molecular complexity index is 620. The third kappa shape index (κ3) is 6.88. The van der Waals surface area contributed by atoms with Crippen LogP contribution >= 0.6 is 0 Å². The Hall–Kier alpha value is -1.12. The first-order valence-electron chi connectivity index (χ1n) is 6.02. The average Bonchev–Trinajstić information content (AvgIpc) is 2.37. The molecule has 0 atom stereocenters. The third-order valence-corrected chi connectivity index (χ3v) is 5.41. The zero-order chi connectivity index (χ0) is 15.2. The molecule has 114 valence electrons. The smallest absolute Gasteiger partial charge is 0.154 e. The molecule has 1 aromatic rings. The summed E-state index contributed by atoms with van der Waals surface area (Å²) >= 11 is 0. The van der Waals surface area contributed by atoms with E-state index in [4.69, 9.17) is 10.5 Å². The van der Waals surface area contributed by atoms with E-state index in [0.29, 0.717) is 12.3 Å². The summed E-state index contributed by atoms with van der Waals surface area (Å²) in [5, 5.41) is 0. The van der Waals surface area contributed by atoms with Gasteiger partial charge in [-0.25, -0.2) is 16.8 Å². The standard InChI is InChI=1S/C12H19NO5S2/c1-19(14,15)8-9-20(16,17)7-6-18-12-4-2-11(10-13)3-5-12/h2-5H,6-10,13H2,1H3. The summed E-state index contributed by atoms with van der Waals surface area (Å²) in [6.07, 6.45) is 1.01. The molecule has 0 aliphatic rings. The van der Waals surface area contributed by atoms with E-state index in [1.807, 2.05) is 0 Å². The van der Waals surface area contributed by atoms with Gasteiger partial charge in [-0.2, -0.15) is 0 Å². The lowest BCUT2D eigenvalue weighted by Gasteiger charge is -2.07. The molecular formula is C12H19NO5S2. The number of hydrogen-bond acceptors (Lipinski definition) is 6. The normalized spacial score (nSPS) is 12.3. The summed E-state index contributed by atoms with van der Waals surface area (Å²) in [7, 11) is -6.70. The molecule has 0 spiro atoms. The number of hydrogen-bond donors (Lipinski definition) is 1. The van der Waals surface area contributed by atoms with Crippen LogP contribution in [0.15, 0.2) is 24.3 Å². The Morgan fingerprint density at radius 1 is 1.00 bits per heavy atom. The topological polar surface area (TPSA) is 104 Å². The molecule has 1 aromatic carbocycles. The largest absolute Gasteiger partial charge is 0.493 e. The van der Waals surface area contributed by atoms with Crippen molar-refractivity contribution in [2.45, 2.75) is 6.54 Å². The van der Waals surface area contributed by atoms with Crippen LogP contribution in [0.3, 0.4) is 0 Å². The first kappa shape index (κ1) is 16.9. The van der Waals surface area contributed by atoms with Gasteiger partial charge in [0.05, 0.1) is 17.3 Å². The zero-order valence-electron chi connectivity index (χ0n) is 11.3. The van der Waals surface area contributed by atoms with Gasteiger partial charge in [0.1, 0.15) is 22.2 Å². The van der Waals surface area contributed by atoms with Gasteiger partial charge in [0.2, 0.25) is 0 Å². The van der Waals surface area contributed by atoms with E-state index >= 15 is 0 Å². The Kier molecular flexibility index (Phi) is 5.97. The Balaban J connectivity index is 2.42. The van der Waals surface area contributed by atoms with Gasteiger partial charge in [0.25, 0.3) is 0 Å². The van der Waals surface area contributed by atoms with Crippen LogP contribution in [0.25, 0.3) is 0 Å². The fraction of sp³-hybridized carbons (Fsp3) is 0.500. The van der Waals surface area contributed by atoms with E-state index < -0.39 is 19.7 Å². The molecule has 0 aliphatic carbocycles. The lowest BCUT2D eigenvalue weighted by Crippen LogP contribution is -2.22. The molecule has 1 rings (SSSR count). The second kappa shape index (κ2) is 7.05. The zero-order valence-corrected chi connectivity index (χ0v) is 12.9. The van der Waals surface area contributed by atoms with Crippen LogP contribution in [0.5, 0.6) is 5.75 Å². The highest BCUT2D eigenvalue weighted by Gasteiger charge is 2.14. The fourth-order valence-corrected chi connectivity index (χ4v) is 4.16. The SMILES string of the molecule is CS(=O)(=O)CCS(=O)(=O)CCOc1ccc(CN)cc1. The maximum atomic E-state index is 11.6. The summed E-state index contributed by atoms with van der Waals surface area (Å²) in [6, 6.07) is 7.03. The van der Waals surface area contributed by atoms with Crippen LogP contribution in [0.2, 0.25) is 0 Å². The highest BCUT2D eigenvalue weighted by atomic mass is 32.2. The van der Waals surface area contributed by atoms with Crippen LogP contribution in [0, 0.1) is 0 Å². The van der Waals surface area contributed by atoms with E-state index in [1.165, 1.54) is 0 Å². The van der Waals surface area contributed by atoms with Crippen molar-refractivity contribution >= 4 is 19.7 Å². The van der Waals surface area contributed by atoms with Gasteiger partial charge in [-0.3, -0.25) is 0 Å². The molecule has 8 heteroatoms. The molecule has 0 aliphatic heterocycles. The van der Waals surface area contributed by atoms with Gasteiger partial charge in [-0.1, -0.05) is 12.1 Å². The second-order valence-electron chi connectivity index (χ2n) is 4.48. The highest BCUT2D eigenvalue weighted by Crippen LogP contribution is 2.11. The number of sulfone groups is 2. The lowest BCUT2D eigenvalue weighted by molar-refractivity contribution is 0.341. The van der Waals surface area contributed by atoms with Gasteiger partial charge in [-0.15, -0.1) is 0 Å². The van der Waals surface area contributed by atoms with E-state index in [9.17, 15) is 16.8 Å². The molecule has 0 bridgehead atoms. The molecule has 0 saturated heterocycles. The monoisotopic (exact) mass is 321 g/mol. The highest BCUT2D eigenvalue weighted by molar-refractivity contribution is 7.94. The third-order valence-electron chi connectivity index (χ3n) is 2.59. The van der Waals surface area contributed by atoms with Crippen LogP contribution in [0.1, 0.15) is 5.56 Å². The van der Waals surface area contributed by atoms with E-state index in [1.54, 1.807) is 24.3 Å². The molecule has 0 heterocycles. The van der Waals surface area contributed by atoms with Gasteiger partial charge in [-0.05, 0) is 17.7 Å². The first-order chi connectivity index (χ1) is 9.22. The van der Waals surface area contributed by atoms with Crippen molar-refractivity contribution in [1.82, 2.24) is 0 Å². The van der Waals surface area contributed by atoms with Crippen molar-refractivity contribution < 1.29 is 21.6 Å². The van der Waals surface area contributed by atoms with Gasteiger partial charge < -0.3 is 10.5 Å². The van der Waals surface area contributed by atoms with E-state index in [-0.39, 0.29) is 23.9 Å². The minimum atomic E-state index is -3.42. The average molecular weight is 321 g/mol. The fourth-order valence-electron chi connectivity index (χ4n) is 1.39. The molecule has 0 amide bonds. The predicted octanol–water partition coefficient (Wildman–Crippen LogP) is -0.0165. The van der Waals surface area contributed by atoms with Crippen LogP contribution in [-0.4, -0.2) is 47.0 Å². The van der Waals surface area contributed by atoms with Crippen molar-refractivity contribution in [3.63, 3.8) is 0 Å². The van der Waals surface area contributed by atoms with Gasteiger partial charge in [0, 0.05) is 12.8 Å². The van der Waals surface area contributed by atoms with Crippen molar-refractivity contribution in [2.75, 3.05) is 30.1 Å². The molecule has 6 nitrogen and oxygen atoms in total. The Morgan fingerprint density at radius 2 is 1.60 bits per heavy atom. The quantitative estimate of drug-likeness (QED) is 0.722. The van der Waals surface area contributed by atoms with Crippen molar-refractivity contribution in [3.8, 4) is 5.75 Å². The summed E-state index contributed by atoms with van der Waals surface area (Å²) in [5.41, 5.74) is 6.41. The Labute approximate surface area is 119 Å². The summed E-state index contributed by atoms with van der Waals surface area (Å²) in [5.74, 6) is -0.385. The van der Waals surface area contributed by atoms with Crippen molar-refractivity contribution in [3.05, 3.63) is 29.8 Å². The summed E-state index contributed by atoms with van der Waals surface area (Å²) < 4.78 is 50.4. The molecule has 0 aromatic heterocycles. The Morgan fingerprint density at radius 3 is 2.10 bits per heavy atom. The van der Waals surface area contributed by atoms with Crippen LogP contribution < -0.4 is 10.5 Å². The van der Waals surface area contributed by atoms with Crippen molar-refractivity contribution in [1.29, 1.82) is 0 Å². The summed E-state index contributed by atoms with van der Waals surface area (Å²) in [6.45, 7) is 0.425.